The summed E-state index contributed by atoms with van der Waals surface area (Å²) in [5, 5.41) is 0. The zero-order valence-corrected chi connectivity index (χ0v) is 18.5. The van der Waals surface area contributed by atoms with Crippen molar-refractivity contribution in [3.05, 3.63) is 60.2 Å². The van der Waals surface area contributed by atoms with Crippen LogP contribution in [-0.4, -0.2) is 65.7 Å². The van der Waals surface area contributed by atoms with E-state index in [2.05, 4.69) is 0 Å². The Balaban J connectivity index is 1.18. The van der Waals surface area contributed by atoms with Crippen LogP contribution in [0.1, 0.15) is 24.5 Å². The van der Waals surface area contributed by atoms with Gasteiger partial charge in [0.15, 0.2) is 0 Å². The second kappa shape index (κ2) is 8.86. The number of ether oxygens (including phenoxy) is 1. The molecule has 5 rings (SSSR count). The average Bonchev–Trinajstić information content (AvgIpc) is 3.23. The monoisotopic (exact) mass is 451 g/mol. The fraction of sp³-hybridized carbons (Fsp3) is 0.375. The molecule has 0 N–H and O–H groups in total. The van der Waals surface area contributed by atoms with Gasteiger partial charge >= 0.3 is 6.09 Å². The Morgan fingerprint density at radius 2 is 1.72 bits per heavy atom. The van der Waals surface area contributed by atoms with Crippen LogP contribution in [0.5, 0.6) is 0 Å². The fourth-order valence-corrected chi connectivity index (χ4v) is 5.54. The molecule has 2 aromatic rings. The minimum absolute atomic E-state index is 0.0382. The van der Waals surface area contributed by atoms with Crippen molar-refractivity contribution < 1.29 is 19.1 Å². The first-order valence-corrected chi connectivity index (χ1v) is 11.9. The minimum atomic E-state index is -0.281. The van der Waals surface area contributed by atoms with Crippen molar-refractivity contribution in [1.82, 2.24) is 9.80 Å². The van der Waals surface area contributed by atoms with Crippen LogP contribution < -0.4 is 4.90 Å². The molecule has 0 radical (unpaired) electrons. The van der Waals surface area contributed by atoms with Gasteiger partial charge in [-0.2, -0.15) is 0 Å². The number of thioether (sulfide) groups is 1. The van der Waals surface area contributed by atoms with E-state index in [-0.39, 0.29) is 36.6 Å². The molecule has 0 spiro atoms. The quantitative estimate of drug-likeness (QED) is 0.713. The molecule has 1 unspecified atom stereocenters. The summed E-state index contributed by atoms with van der Waals surface area (Å²) < 4.78 is 5.59. The summed E-state index contributed by atoms with van der Waals surface area (Å²) in [5.74, 6) is 0.264. The van der Waals surface area contributed by atoms with Crippen LogP contribution in [0.25, 0.3) is 0 Å². The van der Waals surface area contributed by atoms with Gasteiger partial charge in [-0.15, -0.1) is 11.8 Å². The first kappa shape index (κ1) is 20.9. The number of hydrogen-bond acceptors (Lipinski definition) is 5. The molecule has 3 heterocycles. The lowest BCUT2D eigenvalue weighted by atomic mass is 10.0. The Hall–Kier alpha value is -3.00. The third kappa shape index (κ3) is 4.07. The lowest BCUT2D eigenvalue weighted by Crippen LogP contribution is -2.50. The molecule has 166 valence electrons. The van der Waals surface area contributed by atoms with Crippen molar-refractivity contribution in [2.45, 2.75) is 29.9 Å². The van der Waals surface area contributed by atoms with Gasteiger partial charge in [0.1, 0.15) is 12.6 Å². The topological polar surface area (TPSA) is 70.2 Å². The highest BCUT2D eigenvalue weighted by Crippen LogP contribution is 2.35. The van der Waals surface area contributed by atoms with Gasteiger partial charge in [0, 0.05) is 24.0 Å². The number of likely N-dealkylation sites (tertiary alicyclic amines) is 1. The lowest BCUT2D eigenvalue weighted by molar-refractivity contribution is -0.132. The summed E-state index contributed by atoms with van der Waals surface area (Å²) in [6, 6.07) is 17.5. The van der Waals surface area contributed by atoms with E-state index in [0.29, 0.717) is 38.2 Å². The normalized spacial score (nSPS) is 21.5. The standard InChI is InChI=1S/C24H25N3O4S/c28-22(15-27-19-8-4-5-9-21(19)32-16-23(27)29)25-12-10-18(11-13-25)26-14-20(31-24(26)30)17-6-2-1-3-7-17/h1-9,18,20H,10-16H2. The summed E-state index contributed by atoms with van der Waals surface area (Å²) in [6.45, 7) is 1.74. The number of nitrogens with zero attached hydrogens (tertiary/aromatic N) is 3. The number of para-hydroxylation sites is 1. The second-order valence-electron chi connectivity index (χ2n) is 8.28. The van der Waals surface area contributed by atoms with Gasteiger partial charge in [0.05, 0.1) is 18.0 Å². The number of anilines is 1. The summed E-state index contributed by atoms with van der Waals surface area (Å²) >= 11 is 1.51. The molecular weight excluding hydrogens is 426 g/mol. The highest BCUT2D eigenvalue weighted by atomic mass is 32.2. The molecule has 2 saturated heterocycles. The number of hydrogen-bond donors (Lipinski definition) is 0. The summed E-state index contributed by atoms with van der Waals surface area (Å²) in [6.07, 6.45) is 0.897. The van der Waals surface area contributed by atoms with E-state index in [4.69, 9.17) is 4.74 Å². The molecule has 3 amide bonds. The molecule has 0 saturated carbocycles. The van der Waals surface area contributed by atoms with Crippen LogP contribution >= 0.6 is 11.8 Å². The third-order valence-electron chi connectivity index (χ3n) is 6.37. The molecule has 8 heteroatoms. The van der Waals surface area contributed by atoms with Gasteiger partial charge in [0.25, 0.3) is 0 Å². The van der Waals surface area contributed by atoms with E-state index in [1.807, 2.05) is 59.5 Å². The molecule has 1 atom stereocenters. The van der Waals surface area contributed by atoms with Gasteiger partial charge in [-0.25, -0.2) is 4.79 Å². The Bertz CT molecular complexity index is 1020. The SMILES string of the molecule is O=C(CN1C(=O)CSc2ccccc21)N1CCC(N2CC(c3ccccc3)OC2=O)CC1. The first-order chi connectivity index (χ1) is 15.6. The minimum Gasteiger partial charge on any atom is -0.439 e. The van der Waals surface area contributed by atoms with Crippen LogP contribution in [0, 0.1) is 0 Å². The Morgan fingerprint density at radius 3 is 2.50 bits per heavy atom. The molecule has 3 aliphatic rings. The number of rotatable bonds is 4. The van der Waals surface area contributed by atoms with Crippen LogP contribution in [-0.2, 0) is 14.3 Å². The van der Waals surface area contributed by atoms with Crippen LogP contribution in [0.4, 0.5) is 10.5 Å². The molecule has 7 nitrogen and oxygen atoms in total. The van der Waals surface area contributed by atoms with E-state index < -0.39 is 0 Å². The van der Waals surface area contributed by atoms with Crippen molar-refractivity contribution in [2.75, 3.05) is 36.8 Å². The van der Waals surface area contributed by atoms with E-state index in [1.54, 1.807) is 9.80 Å². The maximum Gasteiger partial charge on any atom is 0.410 e. The summed E-state index contributed by atoms with van der Waals surface area (Å²) in [4.78, 5) is 44.1. The summed E-state index contributed by atoms with van der Waals surface area (Å²) in [5.41, 5.74) is 1.81. The van der Waals surface area contributed by atoms with Crippen molar-refractivity contribution in [2.24, 2.45) is 0 Å². The predicted octanol–water partition coefficient (Wildman–Crippen LogP) is 3.31. The zero-order valence-electron chi connectivity index (χ0n) is 17.7. The molecule has 2 fully saturated rings. The van der Waals surface area contributed by atoms with Crippen molar-refractivity contribution in [3.63, 3.8) is 0 Å². The van der Waals surface area contributed by atoms with Gasteiger partial charge < -0.3 is 19.4 Å². The van der Waals surface area contributed by atoms with Crippen LogP contribution in [0.15, 0.2) is 59.5 Å². The fourth-order valence-electron chi connectivity index (χ4n) is 4.61. The number of carbonyl (C=O) groups excluding carboxylic acids is 3. The van der Waals surface area contributed by atoms with Crippen molar-refractivity contribution in [1.29, 1.82) is 0 Å². The zero-order chi connectivity index (χ0) is 22.1. The van der Waals surface area contributed by atoms with Gasteiger partial charge in [-0.1, -0.05) is 42.5 Å². The molecule has 3 aliphatic heterocycles. The number of benzene rings is 2. The highest BCUT2D eigenvalue weighted by Gasteiger charge is 2.39. The number of piperidine rings is 1. The van der Waals surface area contributed by atoms with Crippen molar-refractivity contribution in [3.8, 4) is 0 Å². The van der Waals surface area contributed by atoms with E-state index in [0.717, 1.165) is 16.1 Å². The summed E-state index contributed by atoms with van der Waals surface area (Å²) in [7, 11) is 0. The smallest absolute Gasteiger partial charge is 0.410 e. The molecule has 2 aromatic carbocycles. The van der Waals surface area contributed by atoms with Crippen molar-refractivity contribution >= 4 is 35.4 Å². The van der Waals surface area contributed by atoms with E-state index in [9.17, 15) is 14.4 Å². The maximum atomic E-state index is 13.0. The largest absolute Gasteiger partial charge is 0.439 e. The average molecular weight is 452 g/mol. The predicted molar refractivity (Wildman–Crippen MR) is 121 cm³/mol. The molecule has 32 heavy (non-hydrogen) atoms. The van der Waals surface area contributed by atoms with Crippen LogP contribution in [0.2, 0.25) is 0 Å². The van der Waals surface area contributed by atoms with Gasteiger partial charge in [-0.3, -0.25) is 9.59 Å². The number of carbonyl (C=O) groups is 3. The Labute approximate surface area is 191 Å². The highest BCUT2D eigenvalue weighted by molar-refractivity contribution is 8.00. The number of amides is 3. The lowest BCUT2D eigenvalue weighted by Gasteiger charge is -2.37. The third-order valence-corrected chi connectivity index (χ3v) is 7.42. The first-order valence-electron chi connectivity index (χ1n) is 10.9. The Kier molecular flexibility index (Phi) is 5.78. The number of cyclic esters (lactones) is 1. The van der Waals surface area contributed by atoms with Crippen LogP contribution in [0.3, 0.4) is 0 Å². The molecular formula is C24H25N3O4S. The van der Waals surface area contributed by atoms with E-state index in [1.165, 1.54) is 11.8 Å². The molecule has 0 bridgehead atoms. The van der Waals surface area contributed by atoms with E-state index >= 15 is 0 Å². The second-order valence-corrected chi connectivity index (χ2v) is 9.30. The number of fused-ring (bicyclic) bond motifs is 1. The Morgan fingerprint density at radius 1 is 1.00 bits per heavy atom. The molecule has 0 aliphatic carbocycles. The van der Waals surface area contributed by atoms with Gasteiger partial charge in [-0.05, 0) is 30.5 Å². The molecule has 0 aromatic heterocycles. The van der Waals surface area contributed by atoms with Gasteiger partial charge in [0.2, 0.25) is 11.8 Å². The maximum absolute atomic E-state index is 13.0.